The first-order valence-corrected chi connectivity index (χ1v) is 12.2. The van der Waals surface area contributed by atoms with Gasteiger partial charge in [0.1, 0.15) is 5.65 Å². The molecule has 0 bridgehead atoms. The number of carbonyl (C=O) groups is 1. The summed E-state index contributed by atoms with van der Waals surface area (Å²) in [5, 5.41) is 5.02. The Bertz CT molecular complexity index is 1120. The number of carbonyl (C=O) groups excluding carboxylic acids is 1. The van der Waals surface area contributed by atoms with Crippen LogP contribution < -0.4 is 5.32 Å². The first-order chi connectivity index (χ1) is 16.1. The molecule has 9 heteroatoms. The predicted molar refractivity (Wildman–Crippen MR) is 130 cm³/mol. The number of anilines is 1. The summed E-state index contributed by atoms with van der Waals surface area (Å²) in [6, 6.07) is 4.23. The summed E-state index contributed by atoms with van der Waals surface area (Å²) in [7, 11) is 0. The highest BCUT2D eigenvalue weighted by molar-refractivity contribution is 6.33. The number of amides is 1. The number of aromatic amines is 1. The number of halogens is 1. The Hall–Kier alpha value is -2.71. The standard InChI is InChI=1S/C24H30ClN7O/c1-2-21(33)32-10-5-16(6-11-32)14-31-9-7-17(15-31)29-24-28-13-20(25)22(30-24)19-12-27-23-18(19)4-3-8-26-23/h3-4,8,12-13,16-17H,2,5-7,9-11,14-15H2,1H3,(H,26,27)(H,28,29,30)/t17-/m1/s1. The quantitative estimate of drug-likeness (QED) is 0.573. The van der Waals surface area contributed by atoms with Crippen LogP contribution in [-0.2, 0) is 4.79 Å². The zero-order chi connectivity index (χ0) is 22.8. The van der Waals surface area contributed by atoms with Crippen molar-refractivity contribution in [1.29, 1.82) is 0 Å². The number of hydrogen-bond acceptors (Lipinski definition) is 6. The van der Waals surface area contributed by atoms with Crippen LogP contribution >= 0.6 is 11.6 Å². The SMILES string of the molecule is CCC(=O)N1CCC(CN2CC[C@@H](Nc3ncc(Cl)c(-c4c[nH]c5ncccc45)n3)C2)CC1. The van der Waals surface area contributed by atoms with Gasteiger partial charge in [-0.25, -0.2) is 15.0 Å². The summed E-state index contributed by atoms with van der Waals surface area (Å²) in [5.41, 5.74) is 2.44. The first kappa shape index (κ1) is 22.1. The van der Waals surface area contributed by atoms with Gasteiger partial charge in [0.15, 0.2) is 0 Å². The normalized spacial score (nSPS) is 19.9. The lowest BCUT2D eigenvalue weighted by molar-refractivity contribution is -0.132. The number of piperidine rings is 1. The van der Waals surface area contributed by atoms with Crippen molar-refractivity contribution >= 4 is 34.5 Å². The highest BCUT2D eigenvalue weighted by atomic mass is 35.5. The smallest absolute Gasteiger partial charge is 0.223 e. The fourth-order valence-corrected chi connectivity index (χ4v) is 5.22. The molecular weight excluding hydrogens is 438 g/mol. The molecular formula is C24H30ClN7O. The number of pyridine rings is 1. The molecule has 5 rings (SSSR count). The molecule has 174 valence electrons. The van der Waals surface area contributed by atoms with Gasteiger partial charge in [0, 0.05) is 68.5 Å². The van der Waals surface area contributed by atoms with Crippen LogP contribution in [0.5, 0.6) is 0 Å². The molecule has 3 aromatic heterocycles. The van der Waals surface area contributed by atoms with E-state index in [0.717, 1.165) is 68.6 Å². The molecule has 5 heterocycles. The average molecular weight is 468 g/mol. The van der Waals surface area contributed by atoms with Crippen LogP contribution in [0.4, 0.5) is 5.95 Å². The fourth-order valence-electron chi connectivity index (χ4n) is 5.03. The van der Waals surface area contributed by atoms with E-state index in [2.05, 4.69) is 25.2 Å². The predicted octanol–water partition coefficient (Wildman–Crippen LogP) is 3.81. The zero-order valence-electron chi connectivity index (χ0n) is 18.9. The minimum Gasteiger partial charge on any atom is -0.350 e. The zero-order valence-corrected chi connectivity index (χ0v) is 19.7. The summed E-state index contributed by atoms with van der Waals surface area (Å²) in [5.74, 6) is 1.55. The summed E-state index contributed by atoms with van der Waals surface area (Å²) >= 11 is 6.46. The van der Waals surface area contributed by atoms with Gasteiger partial charge in [0.25, 0.3) is 0 Å². The van der Waals surface area contributed by atoms with Gasteiger partial charge >= 0.3 is 0 Å². The summed E-state index contributed by atoms with van der Waals surface area (Å²) < 4.78 is 0. The van der Waals surface area contributed by atoms with Gasteiger partial charge in [-0.05, 0) is 37.3 Å². The molecule has 0 aromatic carbocycles. The van der Waals surface area contributed by atoms with E-state index >= 15 is 0 Å². The second-order valence-corrected chi connectivity index (χ2v) is 9.47. The van der Waals surface area contributed by atoms with Crippen molar-refractivity contribution in [3.8, 4) is 11.3 Å². The molecule has 0 radical (unpaired) electrons. The minimum absolute atomic E-state index is 0.283. The van der Waals surface area contributed by atoms with Crippen molar-refractivity contribution in [1.82, 2.24) is 29.7 Å². The Balaban J connectivity index is 1.19. The van der Waals surface area contributed by atoms with Crippen LogP contribution in [0, 0.1) is 5.92 Å². The lowest BCUT2D eigenvalue weighted by atomic mass is 9.96. The number of aromatic nitrogens is 4. The van der Waals surface area contributed by atoms with Crippen LogP contribution in [-0.4, -0.2) is 74.4 Å². The third kappa shape index (κ3) is 4.82. The first-order valence-electron chi connectivity index (χ1n) is 11.8. The van der Waals surface area contributed by atoms with E-state index in [-0.39, 0.29) is 5.91 Å². The lowest BCUT2D eigenvalue weighted by Gasteiger charge is -2.33. The third-order valence-electron chi connectivity index (χ3n) is 6.84. The highest BCUT2D eigenvalue weighted by Crippen LogP contribution is 2.32. The second kappa shape index (κ2) is 9.65. The van der Waals surface area contributed by atoms with E-state index in [4.69, 9.17) is 16.6 Å². The monoisotopic (exact) mass is 467 g/mol. The number of H-pyrrole nitrogens is 1. The molecule has 2 aliphatic rings. The Morgan fingerprint density at radius 1 is 1.24 bits per heavy atom. The third-order valence-corrected chi connectivity index (χ3v) is 7.12. The molecule has 3 aromatic rings. The molecule has 0 saturated carbocycles. The van der Waals surface area contributed by atoms with Gasteiger partial charge in [-0.2, -0.15) is 0 Å². The van der Waals surface area contributed by atoms with E-state index in [1.54, 1.807) is 12.4 Å². The van der Waals surface area contributed by atoms with Gasteiger partial charge in [-0.1, -0.05) is 18.5 Å². The number of rotatable bonds is 6. The number of nitrogens with zero attached hydrogens (tertiary/aromatic N) is 5. The molecule has 1 amide bonds. The van der Waals surface area contributed by atoms with Gasteiger partial charge in [-0.3, -0.25) is 4.79 Å². The maximum atomic E-state index is 11.9. The highest BCUT2D eigenvalue weighted by Gasteiger charge is 2.28. The molecule has 1 atom stereocenters. The van der Waals surface area contributed by atoms with Gasteiger partial charge in [0.2, 0.25) is 11.9 Å². The van der Waals surface area contributed by atoms with Crippen molar-refractivity contribution in [2.45, 2.75) is 38.6 Å². The molecule has 33 heavy (non-hydrogen) atoms. The van der Waals surface area contributed by atoms with Crippen LogP contribution in [0.3, 0.4) is 0 Å². The largest absolute Gasteiger partial charge is 0.350 e. The second-order valence-electron chi connectivity index (χ2n) is 9.06. The summed E-state index contributed by atoms with van der Waals surface area (Å²) in [4.78, 5) is 33.2. The van der Waals surface area contributed by atoms with E-state index in [1.807, 2.05) is 30.2 Å². The van der Waals surface area contributed by atoms with E-state index in [1.165, 1.54) is 0 Å². The Morgan fingerprint density at radius 3 is 2.91 bits per heavy atom. The number of hydrogen-bond donors (Lipinski definition) is 2. The van der Waals surface area contributed by atoms with Crippen molar-refractivity contribution in [3.63, 3.8) is 0 Å². The van der Waals surface area contributed by atoms with Crippen molar-refractivity contribution < 1.29 is 4.79 Å². The van der Waals surface area contributed by atoms with E-state index in [0.29, 0.717) is 35.0 Å². The van der Waals surface area contributed by atoms with Crippen molar-refractivity contribution in [2.24, 2.45) is 5.92 Å². The average Bonchev–Trinajstić information content (AvgIpc) is 3.47. The van der Waals surface area contributed by atoms with Crippen molar-refractivity contribution in [3.05, 3.63) is 35.7 Å². The summed E-state index contributed by atoms with van der Waals surface area (Å²) in [6.45, 7) is 6.89. The van der Waals surface area contributed by atoms with Gasteiger partial charge in [0.05, 0.1) is 16.9 Å². The molecule has 8 nitrogen and oxygen atoms in total. The van der Waals surface area contributed by atoms with Gasteiger partial charge in [-0.15, -0.1) is 0 Å². The van der Waals surface area contributed by atoms with Crippen molar-refractivity contribution in [2.75, 3.05) is 38.0 Å². The lowest BCUT2D eigenvalue weighted by Crippen LogP contribution is -2.41. The van der Waals surface area contributed by atoms with Crippen LogP contribution in [0.2, 0.25) is 5.02 Å². The van der Waals surface area contributed by atoms with Crippen LogP contribution in [0.1, 0.15) is 32.6 Å². The maximum Gasteiger partial charge on any atom is 0.223 e. The van der Waals surface area contributed by atoms with Crippen LogP contribution in [0.25, 0.3) is 22.3 Å². The van der Waals surface area contributed by atoms with E-state index in [9.17, 15) is 4.79 Å². The van der Waals surface area contributed by atoms with Crippen LogP contribution in [0.15, 0.2) is 30.7 Å². The molecule has 2 aliphatic heterocycles. The van der Waals surface area contributed by atoms with Gasteiger partial charge < -0.3 is 20.1 Å². The summed E-state index contributed by atoms with van der Waals surface area (Å²) in [6.07, 6.45) is 9.19. The maximum absolute atomic E-state index is 11.9. The molecule has 0 spiro atoms. The molecule has 0 aliphatic carbocycles. The molecule has 0 unspecified atom stereocenters. The molecule has 2 saturated heterocycles. The number of nitrogens with one attached hydrogen (secondary N) is 2. The Kier molecular flexibility index (Phi) is 6.46. The number of likely N-dealkylation sites (tertiary alicyclic amines) is 2. The molecule has 2 fully saturated rings. The Morgan fingerprint density at radius 2 is 2.09 bits per heavy atom. The fraction of sp³-hybridized carbons (Fsp3) is 0.500. The Labute approximate surface area is 198 Å². The number of fused-ring (bicyclic) bond motifs is 1. The topological polar surface area (TPSA) is 90.0 Å². The molecule has 2 N–H and O–H groups in total. The van der Waals surface area contributed by atoms with E-state index < -0.39 is 0 Å². The minimum atomic E-state index is 0.283.